The lowest BCUT2D eigenvalue weighted by atomic mass is 10.1. The van der Waals surface area contributed by atoms with Crippen LogP contribution in [0.25, 0.3) is 0 Å². The van der Waals surface area contributed by atoms with E-state index in [1.165, 1.54) is 0 Å². The predicted octanol–water partition coefficient (Wildman–Crippen LogP) is 0.534. The second-order valence-corrected chi connectivity index (χ2v) is 5.41. The van der Waals surface area contributed by atoms with Crippen molar-refractivity contribution in [3.05, 3.63) is 0 Å². The van der Waals surface area contributed by atoms with Crippen molar-refractivity contribution in [1.82, 2.24) is 10.2 Å². The number of thioether (sulfide) groups is 1. The molecule has 0 bridgehead atoms. The Morgan fingerprint density at radius 3 is 3.06 bits per heavy atom. The first-order chi connectivity index (χ1) is 7.81. The molecule has 2 heterocycles. The summed E-state index contributed by atoms with van der Waals surface area (Å²) in [5, 5.41) is 3.24. The Morgan fingerprint density at radius 2 is 2.50 bits per heavy atom. The molecule has 2 atom stereocenters. The molecule has 2 unspecified atom stereocenters. The molecule has 1 N–H and O–H groups in total. The Bertz CT molecular complexity index is 238. The maximum absolute atomic E-state index is 12.2. The van der Waals surface area contributed by atoms with Crippen LogP contribution in [0, 0.1) is 5.92 Å². The molecule has 0 aliphatic carbocycles. The number of hydrogen-bond acceptors (Lipinski definition) is 4. The van der Waals surface area contributed by atoms with Gasteiger partial charge in [0.1, 0.15) is 0 Å². The van der Waals surface area contributed by atoms with Crippen LogP contribution in [0.3, 0.4) is 0 Å². The molecule has 0 saturated carbocycles. The fourth-order valence-corrected chi connectivity index (χ4v) is 3.12. The summed E-state index contributed by atoms with van der Waals surface area (Å²) in [4.78, 5) is 14.1. The second-order valence-electron chi connectivity index (χ2n) is 4.38. The zero-order valence-electron chi connectivity index (χ0n) is 9.78. The second kappa shape index (κ2) is 5.89. The van der Waals surface area contributed by atoms with E-state index in [4.69, 9.17) is 4.74 Å². The minimum atomic E-state index is 0.0345. The van der Waals surface area contributed by atoms with Gasteiger partial charge in [-0.15, -0.1) is 11.8 Å². The van der Waals surface area contributed by atoms with E-state index in [1.807, 2.05) is 4.90 Å². The van der Waals surface area contributed by atoms with E-state index in [0.29, 0.717) is 5.92 Å². The van der Waals surface area contributed by atoms with Crippen LogP contribution in [-0.4, -0.2) is 54.8 Å². The number of carbonyl (C=O) groups is 1. The summed E-state index contributed by atoms with van der Waals surface area (Å²) in [5.41, 5.74) is 0. The van der Waals surface area contributed by atoms with E-state index in [-0.39, 0.29) is 11.9 Å². The Kier molecular flexibility index (Phi) is 4.49. The van der Waals surface area contributed by atoms with Crippen molar-refractivity contribution in [2.45, 2.75) is 19.4 Å². The fourth-order valence-electron chi connectivity index (χ4n) is 2.19. The van der Waals surface area contributed by atoms with E-state index in [1.54, 1.807) is 11.8 Å². The van der Waals surface area contributed by atoms with Crippen molar-refractivity contribution in [1.29, 1.82) is 0 Å². The first-order valence-corrected chi connectivity index (χ1v) is 7.14. The third kappa shape index (κ3) is 2.90. The van der Waals surface area contributed by atoms with E-state index in [2.05, 4.69) is 12.2 Å². The van der Waals surface area contributed by atoms with Crippen LogP contribution in [0.1, 0.15) is 13.3 Å². The van der Waals surface area contributed by atoms with Crippen molar-refractivity contribution < 1.29 is 9.53 Å². The zero-order valence-corrected chi connectivity index (χ0v) is 10.6. The van der Waals surface area contributed by atoms with Gasteiger partial charge in [-0.3, -0.25) is 10.1 Å². The monoisotopic (exact) mass is 244 g/mol. The van der Waals surface area contributed by atoms with Crippen LogP contribution in [0.5, 0.6) is 0 Å². The van der Waals surface area contributed by atoms with Gasteiger partial charge >= 0.3 is 0 Å². The summed E-state index contributed by atoms with van der Waals surface area (Å²) in [6, 6.07) is 0.0345. The molecule has 2 aliphatic rings. The number of likely N-dealkylation sites (N-methyl/N-ethyl adjacent to an activating group) is 1. The van der Waals surface area contributed by atoms with Gasteiger partial charge in [0.05, 0.1) is 12.6 Å². The highest BCUT2D eigenvalue weighted by Gasteiger charge is 2.28. The van der Waals surface area contributed by atoms with Gasteiger partial charge in [0.2, 0.25) is 5.91 Å². The van der Waals surface area contributed by atoms with Gasteiger partial charge in [-0.1, -0.05) is 0 Å². The Hall–Kier alpha value is -0.260. The number of hydrogen-bond donors (Lipinski definition) is 1. The minimum Gasteiger partial charge on any atom is -0.381 e. The highest BCUT2D eigenvalue weighted by atomic mass is 32.2. The van der Waals surface area contributed by atoms with Crippen LogP contribution < -0.4 is 5.32 Å². The topological polar surface area (TPSA) is 41.6 Å². The van der Waals surface area contributed by atoms with Crippen LogP contribution in [0.2, 0.25) is 0 Å². The molecule has 2 fully saturated rings. The third-order valence-corrected chi connectivity index (χ3v) is 4.15. The Morgan fingerprint density at radius 1 is 1.62 bits per heavy atom. The number of rotatable bonds is 4. The first kappa shape index (κ1) is 12.2. The average molecular weight is 244 g/mol. The largest absolute Gasteiger partial charge is 0.381 e. The fraction of sp³-hybridized carbons (Fsp3) is 0.909. The van der Waals surface area contributed by atoms with Gasteiger partial charge in [0.25, 0.3) is 0 Å². The van der Waals surface area contributed by atoms with Gasteiger partial charge < -0.3 is 9.64 Å². The van der Waals surface area contributed by atoms with Crippen molar-refractivity contribution in [2.75, 3.05) is 37.9 Å². The molecule has 0 aromatic rings. The Balaban J connectivity index is 1.84. The van der Waals surface area contributed by atoms with Gasteiger partial charge in [0.15, 0.2) is 0 Å². The summed E-state index contributed by atoms with van der Waals surface area (Å²) in [5.74, 6) is 2.62. The molecule has 0 spiro atoms. The average Bonchev–Trinajstić information content (AvgIpc) is 2.97. The van der Waals surface area contributed by atoms with E-state index in [0.717, 1.165) is 44.4 Å². The third-order valence-electron chi connectivity index (χ3n) is 3.21. The highest BCUT2D eigenvalue weighted by molar-refractivity contribution is 7.99. The molecule has 0 aromatic carbocycles. The molecule has 0 radical (unpaired) electrons. The maximum atomic E-state index is 12.2. The van der Waals surface area contributed by atoms with Crippen LogP contribution >= 0.6 is 11.8 Å². The van der Waals surface area contributed by atoms with Gasteiger partial charge in [-0.25, -0.2) is 0 Å². The quantitative estimate of drug-likeness (QED) is 0.783. The lowest BCUT2D eigenvalue weighted by Crippen LogP contribution is -2.46. The lowest BCUT2D eigenvalue weighted by molar-refractivity contribution is -0.133. The normalized spacial score (nSPS) is 29.6. The van der Waals surface area contributed by atoms with E-state index in [9.17, 15) is 4.79 Å². The molecule has 5 heteroatoms. The summed E-state index contributed by atoms with van der Waals surface area (Å²) in [6.07, 6.45) is 1.09. The lowest BCUT2D eigenvalue weighted by Gasteiger charge is -2.26. The molecular formula is C11H20N2O2S. The van der Waals surface area contributed by atoms with Crippen LogP contribution in [0.4, 0.5) is 0 Å². The number of carbonyl (C=O) groups excluding carboxylic acids is 1. The SMILES string of the molecule is CCN(CC1CCOC1)C(=O)C1CSCN1. The maximum Gasteiger partial charge on any atom is 0.240 e. The number of ether oxygens (including phenoxy) is 1. The zero-order chi connectivity index (χ0) is 11.4. The van der Waals surface area contributed by atoms with Crippen LogP contribution in [-0.2, 0) is 9.53 Å². The van der Waals surface area contributed by atoms with Crippen molar-refractivity contribution in [2.24, 2.45) is 5.92 Å². The summed E-state index contributed by atoms with van der Waals surface area (Å²) >= 11 is 1.80. The highest BCUT2D eigenvalue weighted by Crippen LogP contribution is 2.16. The summed E-state index contributed by atoms with van der Waals surface area (Å²) < 4.78 is 5.35. The first-order valence-electron chi connectivity index (χ1n) is 5.99. The number of nitrogens with zero attached hydrogens (tertiary/aromatic N) is 1. The Labute approximate surface area is 101 Å². The minimum absolute atomic E-state index is 0.0345. The smallest absolute Gasteiger partial charge is 0.240 e. The van der Waals surface area contributed by atoms with Gasteiger partial charge in [-0.2, -0.15) is 0 Å². The molecule has 16 heavy (non-hydrogen) atoms. The molecule has 1 amide bonds. The standard InChI is InChI=1S/C11H20N2O2S/c1-2-13(5-9-3-4-15-6-9)11(14)10-7-16-8-12-10/h9-10,12H,2-8H2,1H3. The molecule has 2 aliphatic heterocycles. The van der Waals surface area contributed by atoms with E-state index >= 15 is 0 Å². The molecular weight excluding hydrogens is 224 g/mol. The molecule has 0 aromatic heterocycles. The predicted molar refractivity (Wildman–Crippen MR) is 65.4 cm³/mol. The van der Waals surface area contributed by atoms with Crippen LogP contribution in [0.15, 0.2) is 0 Å². The number of amides is 1. The van der Waals surface area contributed by atoms with Crippen molar-refractivity contribution in [3.8, 4) is 0 Å². The number of nitrogens with one attached hydrogen (secondary N) is 1. The molecule has 2 rings (SSSR count). The van der Waals surface area contributed by atoms with Gasteiger partial charge in [0, 0.05) is 37.2 Å². The molecule has 92 valence electrons. The summed E-state index contributed by atoms with van der Waals surface area (Å²) in [7, 11) is 0. The molecule has 2 saturated heterocycles. The van der Waals surface area contributed by atoms with Crippen molar-refractivity contribution in [3.63, 3.8) is 0 Å². The summed E-state index contributed by atoms with van der Waals surface area (Å²) in [6.45, 7) is 5.39. The molecule has 4 nitrogen and oxygen atoms in total. The van der Waals surface area contributed by atoms with Crippen molar-refractivity contribution >= 4 is 17.7 Å². The van der Waals surface area contributed by atoms with Gasteiger partial charge in [-0.05, 0) is 13.3 Å². The van der Waals surface area contributed by atoms with E-state index < -0.39 is 0 Å².